The highest BCUT2D eigenvalue weighted by Crippen LogP contribution is 2.16. The predicted molar refractivity (Wildman–Crippen MR) is 73.7 cm³/mol. The zero-order valence-electron chi connectivity index (χ0n) is 10.5. The first-order chi connectivity index (χ1) is 9.16. The standard InChI is InChI=1S/C13H16BrFN2O2/c14-11-2-1-10(9-12(11)15)13(18)16-3-4-17-5-7-19-8-6-17/h1-2,9H,3-8H2,(H,16,18). The van der Waals surface area contributed by atoms with Crippen molar-refractivity contribution in [3.05, 3.63) is 34.1 Å². The Bertz CT molecular complexity index is 450. The quantitative estimate of drug-likeness (QED) is 0.912. The van der Waals surface area contributed by atoms with Gasteiger partial charge in [0, 0.05) is 31.7 Å². The number of rotatable bonds is 4. The van der Waals surface area contributed by atoms with Gasteiger partial charge in [-0.15, -0.1) is 0 Å². The fourth-order valence-electron chi connectivity index (χ4n) is 1.89. The van der Waals surface area contributed by atoms with E-state index in [9.17, 15) is 9.18 Å². The molecular formula is C13H16BrFN2O2. The maximum Gasteiger partial charge on any atom is 0.251 e. The highest BCUT2D eigenvalue weighted by molar-refractivity contribution is 9.10. The third-order valence-corrected chi connectivity index (χ3v) is 3.64. The van der Waals surface area contributed by atoms with Crippen LogP contribution in [0.5, 0.6) is 0 Å². The van der Waals surface area contributed by atoms with E-state index in [1.165, 1.54) is 12.1 Å². The summed E-state index contributed by atoms with van der Waals surface area (Å²) in [4.78, 5) is 14.0. The third kappa shape index (κ3) is 4.26. The van der Waals surface area contributed by atoms with Crippen molar-refractivity contribution >= 4 is 21.8 Å². The molecule has 19 heavy (non-hydrogen) atoms. The molecule has 1 aliphatic rings. The summed E-state index contributed by atoms with van der Waals surface area (Å²) in [5, 5.41) is 2.79. The Balaban J connectivity index is 1.78. The number of carbonyl (C=O) groups is 1. The largest absolute Gasteiger partial charge is 0.379 e. The minimum absolute atomic E-state index is 0.250. The van der Waals surface area contributed by atoms with Gasteiger partial charge in [-0.1, -0.05) is 0 Å². The molecule has 1 N–H and O–H groups in total. The molecule has 0 aliphatic carbocycles. The lowest BCUT2D eigenvalue weighted by molar-refractivity contribution is 0.0383. The highest BCUT2D eigenvalue weighted by atomic mass is 79.9. The second-order valence-electron chi connectivity index (χ2n) is 4.34. The van der Waals surface area contributed by atoms with Gasteiger partial charge in [0.2, 0.25) is 0 Å². The molecule has 0 bridgehead atoms. The first-order valence-corrected chi connectivity index (χ1v) is 6.99. The molecule has 0 unspecified atom stereocenters. The lowest BCUT2D eigenvalue weighted by Gasteiger charge is -2.26. The Morgan fingerprint density at radius 1 is 1.42 bits per heavy atom. The maximum atomic E-state index is 13.3. The Morgan fingerprint density at radius 2 is 2.16 bits per heavy atom. The van der Waals surface area contributed by atoms with Crippen LogP contribution in [0.1, 0.15) is 10.4 Å². The van der Waals surface area contributed by atoms with Gasteiger partial charge in [-0.25, -0.2) is 4.39 Å². The minimum atomic E-state index is -0.430. The van der Waals surface area contributed by atoms with Gasteiger partial charge in [0.1, 0.15) is 5.82 Å². The van der Waals surface area contributed by atoms with Crippen LogP contribution in [0.2, 0.25) is 0 Å². The molecule has 4 nitrogen and oxygen atoms in total. The molecular weight excluding hydrogens is 315 g/mol. The van der Waals surface area contributed by atoms with Crippen LogP contribution >= 0.6 is 15.9 Å². The van der Waals surface area contributed by atoms with Crippen LogP contribution in [0.3, 0.4) is 0 Å². The summed E-state index contributed by atoms with van der Waals surface area (Å²) < 4.78 is 18.9. The van der Waals surface area contributed by atoms with E-state index in [4.69, 9.17) is 4.74 Å². The van der Waals surface area contributed by atoms with E-state index in [0.717, 1.165) is 32.8 Å². The fraction of sp³-hybridized carbons (Fsp3) is 0.462. The smallest absolute Gasteiger partial charge is 0.251 e. The van der Waals surface area contributed by atoms with Crippen molar-refractivity contribution < 1.29 is 13.9 Å². The number of ether oxygens (including phenoxy) is 1. The number of halogens is 2. The second kappa shape index (κ2) is 6.98. The summed E-state index contributed by atoms with van der Waals surface area (Å²) in [6.07, 6.45) is 0. The van der Waals surface area contributed by atoms with Crippen molar-refractivity contribution in [2.75, 3.05) is 39.4 Å². The van der Waals surface area contributed by atoms with Crippen LogP contribution in [0, 0.1) is 5.82 Å². The molecule has 0 saturated carbocycles. The van der Waals surface area contributed by atoms with Gasteiger partial charge in [0.15, 0.2) is 0 Å². The first kappa shape index (κ1) is 14.4. The van der Waals surface area contributed by atoms with E-state index in [-0.39, 0.29) is 5.91 Å². The monoisotopic (exact) mass is 330 g/mol. The summed E-state index contributed by atoms with van der Waals surface area (Å²) in [7, 11) is 0. The number of benzene rings is 1. The van der Waals surface area contributed by atoms with E-state index in [1.807, 2.05) is 0 Å². The molecule has 1 aromatic rings. The molecule has 1 saturated heterocycles. The molecule has 0 radical (unpaired) electrons. The summed E-state index contributed by atoms with van der Waals surface area (Å²) in [6.45, 7) is 4.61. The number of nitrogens with zero attached hydrogens (tertiary/aromatic N) is 1. The van der Waals surface area contributed by atoms with Crippen molar-refractivity contribution in [1.29, 1.82) is 0 Å². The fourth-order valence-corrected chi connectivity index (χ4v) is 2.14. The van der Waals surface area contributed by atoms with E-state index in [0.29, 0.717) is 16.6 Å². The van der Waals surface area contributed by atoms with E-state index in [1.54, 1.807) is 6.07 Å². The average Bonchev–Trinajstić information content (AvgIpc) is 2.43. The molecule has 0 atom stereocenters. The number of hydrogen-bond acceptors (Lipinski definition) is 3. The van der Waals surface area contributed by atoms with Crippen LogP contribution in [-0.4, -0.2) is 50.2 Å². The lowest BCUT2D eigenvalue weighted by atomic mass is 10.2. The third-order valence-electron chi connectivity index (χ3n) is 3.00. The Morgan fingerprint density at radius 3 is 2.84 bits per heavy atom. The number of amides is 1. The Hall–Kier alpha value is -0.980. The van der Waals surface area contributed by atoms with Crippen LogP contribution in [0.15, 0.2) is 22.7 Å². The van der Waals surface area contributed by atoms with E-state index in [2.05, 4.69) is 26.1 Å². The molecule has 1 amide bonds. The Labute approximate surface area is 120 Å². The summed E-state index contributed by atoms with van der Waals surface area (Å²) in [5.41, 5.74) is 0.336. The molecule has 1 fully saturated rings. The van der Waals surface area contributed by atoms with Crippen molar-refractivity contribution in [3.8, 4) is 0 Å². The van der Waals surface area contributed by atoms with E-state index >= 15 is 0 Å². The highest BCUT2D eigenvalue weighted by Gasteiger charge is 2.11. The van der Waals surface area contributed by atoms with Gasteiger partial charge >= 0.3 is 0 Å². The molecule has 2 rings (SSSR count). The first-order valence-electron chi connectivity index (χ1n) is 6.20. The zero-order chi connectivity index (χ0) is 13.7. The number of morpholine rings is 1. The van der Waals surface area contributed by atoms with Crippen LogP contribution in [-0.2, 0) is 4.74 Å². The van der Waals surface area contributed by atoms with Crippen LogP contribution < -0.4 is 5.32 Å². The second-order valence-corrected chi connectivity index (χ2v) is 5.19. The number of carbonyl (C=O) groups excluding carboxylic acids is 1. The van der Waals surface area contributed by atoms with Gasteiger partial charge in [-0.3, -0.25) is 9.69 Å². The number of hydrogen-bond donors (Lipinski definition) is 1. The summed E-state index contributed by atoms with van der Waals surface area (Å²) in [5.74, 6) is -0.680. The molecule has 1 aliphatic heterocycles. The molecule has 1 heterocycles. The van der Waals surface area contributed by atoms with Crippen molar-refractivity contribution in [1.82, 2.24) is 10.2 Å². The minimum Gasteiger partial charge on any atom is -0.379 e. The maximum absolute atomic E-state index is 13.3. The van der Waals surface area contributed by atoms with Crippen molar-refractivity contribution in [3.63, 3.8) is 0 Å². The van der Waals surface area contributed by atoms with E-state index < -0.39 is 5.82 Å². The summed E-state index contributed by atoms with van der Waals surface area (Å²) >= 11 is 3.06. The topological polar surface area (TPSA) is 41.6 Å². The predicted octanol–water partition coefficient (Wildman–Crippen LogP) is 1.65. The molecule has 6 heteroatoms. The SMILES string of the molecule is O=C(NCCN1CCOCC1)c1ccc(Br)c(F)c1. The zero-order valence-corrected chi connectivity index (χ0v) is 12.1. The molecule has 0 aromatic heterocycles. The van der Waals surface area contributed by atoms with Gasteiger partial charge in [-0.2, -0.15) is 0 Å². The van der Waals surface area contributed by atoms with Gasteiger partial charge in [-0.05, 0) is 34.1 Å². The lowest BCUT2D eigenvalue weighted by Crippen LogP contribution is -2.41. The van der Waals surface area contributed by atoms with Crippen LogP contribution in [0.4, 0.5) is 4.39 Å². The molecule has 0 spiro atoms. The van der Waals surface area contributed by atoms with Crippen LogP contribution in [0.25, 0.3) is 0 Å². The van der Waals surface area contributed by atoms with Gasteiger partial charge in [0.05, 0.1) is 17.7 Å². The van der Waals surface area contributed by atoms with Crippen molar-refractivity contribution in [2.24, 2.45) is 0 Å². The van der Waals surface area contributed by atoms with Gasteiger partial charge < -0.3 is 10.1 Å². The normalized spacial score (nSPS) is 16.3. The van der Waals surface area contributed by atoms with Gasteiger partial charge in [0.25, 0.3) is 5.91 Å². The Kier molecular flexibility index (Phi) is 5.30. The average molecular weight is 331 g/mol. The molecule has 1 aromatic carbocycles. The number of nitrogens with one attached hydrogen (secondary N) is 1. The van der Waals surface area contributed by atoms with Crippen molar-refractivity contribution in [2.45, 2.75) is 0 Å². The molecule has 104 valence electrons. The summed E-state index contributed by atoms with van der Waals surface area (Å²) in [6, 6.07) is 4.36.